The van der Waals surface area contributed by atoms with Crippen LogP contribution in [0.2, 0.25) is 0 Å². The lowest BCUT2D eigenvalue weighted by atomic mass is 10.2. The summed E-state index contributed by atoms with van der Waals surface area (Å²) in [6.45, 7) is 3.88. The number of carbonyl (C=O) groups is 1. The first-order valence-corrected chi connectivity index (χ1v) is 8.60. The fourth-order valence-electron chi connectivity index (χ4n) is 3.08. The van der Waals surface area contributed by atoms with Gasteiger partial charge in [0.25, 0.3) is 5.91 Å². The third-order valence-corrected chi connectivity index (χ3v) is 4.31. The van der Waals surface area contributed by atoms with Crippen molar-refractivity contribution in [2.45, 2.75) is 58.2 Å². The molecule has 2 aromatic heterocycles. The molecule has 0 bridgehead atoms. The fourth-order valence-corrected chi connectivity index (χ4v) is 3.08. The Bertz CT molecular complexity index is 678. The number of carbonyl (C=O) groups excluding carboxylic acids is 1. The molecular formula is C18H24N4O2. The van der Waals surface area contributed by atoms with E-state index in [1.165, 1.54) is 12.8 Å². The minimum atomic E-state index is -0.422. The average molecular weight is 328 g/mol. The number of rotatable bonds is 6. The molecule has 2 aromatic rings. The van der Waals surface area contributed by atoms with Crippen molar-refractivity contribution in [2.75, 3.05) is 5.32 Å². The highest BCUT2D eigenvalue weighted by Crippen LogP contribution is 2.24. The van der Waals surface area contributed by atoms with Crippen molar-refractivity contribution in [3.8, 4) is 5.69 Å². The summed E-state index contributed by atoms with van der Waals surface area (Å²) in [6.07, 6.45) is 8.35. The Hall–Kier alpha value is -2.21. The predicted octanol–water partition coefficient (Wildman–Crippen LogP) is 3.25. The molecule has 0 aliphatic heterocycles. The van der Waals surface area contributed by atoms with Crippen LogP contribution in [0.15, 0.2) is 30.6 Å². The Morgan fingerprint density at radius 2 is 2.08 bits per heavy atom. The molecule has 3 rings (SSSR count). The molecule has 24 heavy (non-hydrogen) atoms. The molecule has 6 heteroatoms. The van der Waals surface area contributed by atoms with E-state index in [1.807, 2.05) is 32.0 Å². The van der Waals surface area contributed by atoms with Crippen molar-refractivity contribution in [3.63, 3.8) is 0 Å². The van der Waals surface area contributed by atoms with E-state index in [0.29, 0.717) is 12.2 Å². The van der Waals surface area contributed by atoms with E-state index < -0.39 is 6.10 Å². The summed E-state index contributed by atoms with van der Waals surface area (Å²) in [5.74, 6) is 0.539. The van der Waals surface area contributed by atoms with Gasteiger partial charge in [-0.15, -0.1) is 0 Å². The summed E-state index contributed by atoms with van der Waals surface area (Å²) in [4.78, 5) is 16.7. The monoisotopic (exact) mass is 328 g/mol. The van der Waals surface area contributed by atoms with Crippen molar-refractivity contribution in [1.29, 1.82) is 0 Å². The smallest absolute Gasteiger partial charge is 0.254 e. The number of anilines is 1. The van der Waals surface area contributed by atoms with Gasteiger partial charge in [0, 0.05) is 18.5 Å². The first kappa shape index (κ1) is 16.6. The highest BCUT2D eigenvalue weighted by atomic mass is 16.5. The standard InChI is InChI=1S/C18H24N4O2/c1-3-16(24-15-6-4-5-7-15)18(23)20-17-12-13(2)21-22(17)14-8-10-19-11-9-14/h8-12,15-16H,3-7H2,1-2H3,(H,20,23)/t16-/m1/s1. The molecular weight excluding hydrogens is 304 g/mol. The number of hydrogen-bond donors (Lipinski definition) is 1. The maximum atomic E-state index is 12.6. The van der Waals surface area contributed by atoms with Crippen molar-refractivity contribution >= 4 is 11.7 Å². The number of nitrogens with one attached hydrogen (secondary N) is 1. The molecule has 0 unspecified atom stereocenters. The van der Waals surface area contributed by atoms with E-state index in [1.54, 1.807) is 17.1 Å². The molecule has 0 aromatic carbocycles. The van der Waals surface area contributed by atoms with Crippen LogP contribution in [-0.4, -0.2) is 32.9 Å². The molecule has 0 spiro atoms. The molecule has 1 aliphatic rings. The molecule has 128 valence electrons. The van der Waals surface area contributed by atoms with Gasteiger partial charge in [0.15, 0.2) is 0 Å². The van der Waals surface area contributed by atoms with Gasteiger partial charge in [-0.25, -0.2) is 4.68 Å². The fraction of sp³-hybridized carbons (Fsp3) is 0.500. The van der Waals surface area contributed by atoms with Gasteiger partial charge in [0.2, 0.25) is 0 Å². The second kappa shape index (κ2) is 7.57. The number of nitrogens with zero attached hydrogens (tertiary/aromatic N) is 3. The van der Waals surface area contributed by atoms with Gasteiger partial charge in [0.05, 0.1) is 17.5 Å². The SMILES string of the molecule is CC[C@@H](OC1CCCC1)C(=O)Nc1cc(C)nn1-c1ccncc1. The Morgan fingerprint density at radius 3 is 2.75 bits per heavy atom. The zero-order valence-electron chi connectivity index (χ0n) is 14.2. The van der Waals surface area contributed by atoms with Crippen molar-refractivity contribution < 1.29 is 9.53 Å². The van der Waals surface area contributed by atoms with Crippen LogP contribution in [0.5, 0.6) is 0 Å². The van der Waals surface area contributed by atoms with Gasteiger partial charge in [0.1, 0.15) is 11.9 Å². The van der Waals surface area contributed by atoms with Crippen LogP contribution in [0.1, 0.15) is 44.7 Å². The van der Waals surface area contributed by atoms with Crippen LogP contribution >= 0.6 is 0 Å². The lowest BCUT2D eigenvalue weighted by molar-refractivity contribution is -0.131. The number of hydrogen-bond acceptors (Lipinski definition) is 4. The summed E-state index contributed by atoms with van der Waals surface area (Å²) >= 11 is 0. The zero-order chi connectivity index (χ0) is 16.9. The van der Waals surface area contributed by atoms with E-state index in [2.05, 4.69) is 15.4 Å². The molecule has 1 aliphatic carbocycles. The largest absolute Gasteiger partial charge is 0.365 e. The minimum Gasteiger partial charge on any atom is -0.365 e. The molecule has 1 fully saturated rings. The average Bonchev–Trinajstić information content (AvgIpc) is 3.23. The van der Waals surface area contributed by atoms with Crippen LogP contribution in [-0.2, 0) is 9.53 Å². The number of ether oxygens (including phenoxy) is 1. The van der Waals surface area contributed by atoms with Crippen LogP contribution in [0.4, 0.5) is 5.82 Å². The van der Waals surface area contributed by atoms with Gasteiger partial charge in [-0.05, 0) is 38.3 Å². The summed E-state index contributed by atoms with van der Waals surface area (Å²) in [7, 11) is 0. The minimum absolute atomic E-state index is 0.111. The highest BCUT2D eigenvalue weighted by molar-refractivity contribution is 5.93. The van der Waals surface area contributed by atoms with E-state index >= 15 is 0 Å². The normalized spacial score (nSPS) is 16.2. The number of aryl methyl sites for hydroxylation is 1. The number of amides is 1. The predicted molar refractivity (Wildman–Crippen MR) is 92.1 cm³/mol. The summed E-state index contributed by atoms with van der Waals surface area (Å²) < 4.78 is 7.71. The summed E-state index contributed by atoms with van der Waals surface area (Å²) in [6, 6.07) is 5.57. The molecule has 0 saturated heterocycles. The van der Waals surface area contributed by atoms with Gasteiger partial charge >= 0.3 is 0 Å². The highest BCUT2D eigenvalue weighted by Gasteiger charge is 2.25. The topological polar surface area (TPSA) is 69.0 Å². The van der Waals surface area contributed by atoms with Crippen molar-refractivity contribution in [1.82, 2.24) is 14.8 Å². The maximum Gasteiger partial charge on any atom is 0.254 e. The molecule has 1 N–H and O–H groups in total. The van der Waals surface area contributed by atoms with Gasteiger partial charge in [-0.2, -0.15) is 5.10 Å². The third-order valence-electron chi connectivity index (χ3n) is 4.31. The Balaban J connectivity index is 1.73. The quantitative estimate of drug-likeness (QED) is 0.884. The second-order valence-electron chi connectivity index (χ2n) is 6.22. The number of aromatic nitrogens is 3. The Labute approximate surface area is 142 Å². The zero-order valence-corrected chi connectivity index (χ0v) is 14.2. The van der Waals surface area contributed by atoms with Crippen LogP contribution in [0, 0.1) is 6.92 Å². The van der Waals surface area contributed by atoms with E-state index in [4.69, 9.17) is 4.74 Å². The molecule has 6 nitrogen and oxygen atoms in total. The Kier molecular flexibility index (Phi) is 5.25. The second-order valence-corrected chi connectivity index (χ2v) is 6.22. The van der Waals surface area contributed by atoms with Crippen LogP contribution in [0.25, 0.3) is 5.69 Å². The van der Waals surface area contributed by atoms with E-state index in [9.17, 15) is 4.79 Å². The molecule has 1 amide bonds. The first-order valence-electron chi connectivity index (χ1n) is 8.60. The van der Waals surface area contributed by atoms with E-state index in [-0.39, 0.29) is 12.0 Å². The van der Waals surface area contributed by atoms with E-state index in [0.717, 1.165) is 24.2 Å². The summed E-state index contributed by atoms with van der Waals surface area (Å²) in [5, 5.41) is 7.43. The van der Waals surface area contributed by atoms with Crippen LogP contribution in [0.3, 0.4) is 0 Å². The molecule has 2 heterocycles. The maximum absolute atomic E-state index is 12.6. The van der Waals surface area contributed by atoms with Gasteiger partial charge in [-0.3, -0.25) is 9.78 Å². The van der Waals surface area contributed by atoms with Gasteiger partial charge < -0.3 is 10.1 Å². The van der Waals surface area contributed by atoms with Crippen LogP contribution < -0.4 is 5.32 Å². The molecule has 0 radical (unpaired) electrons. The van der Waals surface area contributed by atoms with Crippen molar-refractivity contribution in [2.24, 2.45) is 0 Å². The Morgan fingerprint density at radius 1 is 1.38 bits per heavy atom. The van der Waals surface area contributed by atoms with Gasteiger partial charge in [-0.1, -0.05) is 19.8 Å². The number of pyridine rings is 1. The van der Waals surface area contributed by atoms with Crippen molar-refractivity contribution in [3.05, 3.63) is 36.3 Å². The summed E-state index contributed by atoms with van der Waals surface area (Å²) in [5.41, 5.74) is 1.70. The third kappa shape index (κ3) is 3.82. The first-order chi connectivity index (χ1) is 11.7. The lowest BCUT2D eigenvalue weighted by Crippen LogP contribution is -2.33. The molecule has 1 atom stereocenters. The molecule has 1 saturated carbocycles. The lowest BCUT2D eigenvalue weighted by Gasteiger charge is -2.20.